The van der Waals surface area contributed by atoms with Gasteiger partial charge in [0.25, 0.3) is 5.91 Å². The Balaban J connectivity index is 0.00000264. The number of aromatic nitrogens is 2. The first-order valence-electron chi connectivity index (χ1n) is 7.32. The summed E-state index contributed by atoms with van der Waals surface area (Å²) in [6.45, 7) is 4.64. The molecule has 7 heteroatoms. The van der Waals surface area contributed by atoms with Gasteiger partial charge in [-0.2, -0.15) is 5.10 Å². The molecule has 0 aliphatic rings. The maximum atomic E-state index is 12.3. The second-order valence-corrected chi connectivity index (χ2v) is 6.58. The van der Waals surface area contributed by atoms with Crippen LogP contribution in [0.1, 0.15) is 30.8 Å². The second-order valence-electron chi connectivity index (χ2n) is 5.66. The third-order valence-corrected chi connectivity index (χ3v) is 3.76. The zero-order valence-electron chi connectivity index (χ0n) is 13.2. The van der Waals surface area contributed by atoms with Crippen LogP contribution in [0.3, 0.4) is 0 Å². The maximum Gasteiger partial charge on any atom is 0.272 e. The summed E-state index contributed by atoms with van der Waals surface area (Å²) in [7, 11) is 0. The highest BCUT2D eigenvalue weighted by Crippen LogP contribution is 2.15. The summed E-state index contributed by atoms with van der Waals surface area (Å²) in [4.78, 5) is 12.3. The topological polar surface area (TPSA) is 72.9 Å². The third-order valence-electron chi connectivity index (χ3n) is 3.27. The molecule has 1 aromatic heterocycles. The number of carbonyl (C=O) groups is 1. The van der Waals surface area contributed by atoms with Gasteiger partial charge in [0.2, 0.25) is 0 Å². The van der Waals surface area contributed by atoms with Gasteiger partial charge in [0, 0.05) is 23.3 Å². The van der Waals surface area contributed by atoms with Crippen LogP contribution in [0.4, 0.5) is 0 Å². The second kappa shape index (κ2) is 9.05. The molecule has 126 valence electrons. The fourth-order valence-electron chi connectivity index (χ4n) is 2.25. The van der Waals surface area contributed by atoms with Crippen LogP contribution in [0.2, 0.25) is 0 Å². The van der Waals surface area contributed by atoms with Crippen molar-refractivity contribution in [2.24, 2.45) is 11.7 Å². The van der Waals surface area contributed by atoms with Crippen LogP contribution in [0.5, 0.6) is 0 Å². The number of nitrogens with two attached hydrogens (primary N) is 1. The molecule has 0 fully saturated rings. The van der Waals surface area contributed by atoms with Gasteiger partial charge in [-0.15, -0.1) is 12.4 Å². The van der Waals surface area contributed by atoms with E-state index in [-0.39, 0.29) is 24.4 Å². The Bertz CT molecular complexity index is 645. The molecule has 0 saturated heterocycles. The highest BCUT2D eigenvalue weighted by molar-refractivity contribution is 9.10. The highest BCUT2D eigenvalue weighted by Gasteiger charge is 2.16. The molecule has 23 heavy (non-hydrogen) atoms. The first-order valence-corrected chi connectivity index (χ1v) is 8.11. The minimum Gasteiger partial charge on any atom is -0.347 e. The predicted molar refractivity (Wildman–Crippen MR) is 98.3 cm³/mol. The van der Waals surface area contributed by atoms with E-state index in [0.29, 0.717) is 18.2 Å². The van der Waals surface area contributed by atoms with Crippen molar-refractivity contribution in [3.05, 3.63) is 46.7 Å². The summed E-state index contributed by atoms with van der Waals surface area (Å²) < 4.78 is 2.64. The molecule has 3 N–H and O–H groups in total. The van der Waals surface area contributed by atoms with Crippen LogP contribution in [0, 0.1) is 5.92 Å². The Kier molecular flexibility index (Phi) is 7.75. The minimum absolute atomic E-state index is 0. The number of nitrogens with one attached hydrogen (secondary N) is 1. The summed E-state index contributed by atoms with van der Waals surface area (Å²) in [5.41, 5.74) is 7.00. The van der Waals surface area contributed by atoms with Crippen LogP contribution in [0.25, 0.3) is 5.69 Å². The van der Waals surface area contributed by atoms with Crippen molar-refractivity contribution in [1.29, 1.82) is 0 Å². The molecule has 1 amide bonds. The van der Waals surface area contributed by atoms with Crippen molar-refractivity contribution in [3.8, 4) is 5.69 Å². The van der Waals surface area contributed by atoms with Gasteiger partial charge in [-0.05, 0) is 36.6 Å². The average Bonchev–Trinajstić information content (AvgIpc) is 2.96. The molecule has 5 nitrogen and oxygen atoms in total. The largest absolute Gasteiger partial charge is 0.347 e. The molecular formula is C16H22BrClN4O. The van der Waals surface area contributed by atoms with Gasteiger partial charge in [-0.25, -0.2) is 4.68 Å². The van der Waals surface area contributed by atoms with E-state index in [2.05, 4.69) is 40.2 Å². The Hall–Kier alpha value is -1.37. The van der Waals surface area contributed by atoms with Gasteiger partial charge < -0.3 is 11.1 Å². The molecule has 0 bridgehead atoms. The van der Waals surface area contributed by atoms with Crippen LogP contribution in [-0.4, -0.2) is 28.3 Å². The van der Waals surface area contributed by atoms with E-state index in [0.717, 1.165) is 16.6 Å². The molecule has 0 aliphatic heterocycles. The first-order chi connectivity index (χ1) is 10.5. The van der Waals surface area contributed by atoms with Crippen molar-refractivity contribution in [1.82, 2.24) is 15.1 Å². The van der Waals surface area contributed by atoms with Gasteiger partial charge in [0.15, 0.2) is 5.69 Å². The molecule has 0 aliphatic carbocycles. The van der Waals surface area contributed by atoms with E-state index in [1.165, 1.54) is 0 Å². The number of nitrogens with zero attached hydrogens (tertiary/aromatic N) is 2. The molecule has 0 saturated carbocycles. The van der Waals surface area contributed by atoms with Crippen LogP contribution < -0.4 is 11.1 Å². The number of rotatable bonds is 6. The number of hydrogen-bond acceptors (Lipinski definition) is 3. The fraction of sp³-hybridized carbons (Fsp3) is 0.375. The highest BCUT2D eigenvalue weighted by atomic mass is 79.9. The maximum absolute atomic E-state index is 12.3. The lowest BCUT2D eigenvalue weighted by Gasteiger charge is -2.18. The summed E-state index contributed by atoms with van der Waals surface area (Å²) in [6.07, 6.45) is 2.63. The lowest BCUT2D eigenvalue weighted by molar-refractivity contribution is 0.0928. The van der Waals surface area contributed by atoms with Gasteiger partial charge in [-0.1, -0.05) is 35.8 Å². The Morgan fingerprint density at radius 2 is 2.13 bits per heavy atom. The number of hydrogen-bond donors (Lipinski definition) is 2. The molecular weight excluding hydrogens is 380 g/mol. The quantitative estimate of drug-likeness (QED) is 0.781. The van der Waals surface area contributed by atoms with Crippen molar-refractivity contribution >= 4 is 34.2 Å². The third kappa shape index (κ3) is 5.64. The van der Waals surface area contributed by atoms with Gasteiger partial charge in [-0.3, -0.25) is 4.79 Å². The number of halogens is 2. The van der Waals surface area contributed by atoms with Crippen LogP contribution in [-0.2, 0) is 0 Å². The summed E-state index contributed by atoms with van der Waals surface area (Å²) in [6, 6.07) is 9.42. The molecule has 1 atom stereocenters. The average molecular weight is 402 g/mol. The minimum atomic E-state index is -0.190. The zero-order chi connectivity index (χ0) is 16.1. The fourth-order valence-corrected chi connectivity index (χ4v) is 2.64. The van der Waals surface area contributed by atoms with Crippen LogP contribution in [0.15, 0.2) is 41.0 Å². The lowest BCUT2D eigenvalue weighted by atomic mass is 10.0. The Morgan fingerprint density at radius 1 is 1.39 bits per heavy atom. The molecule has 2 aromatic rings. The zero-order valence-corrected chi connectivity index (χ0v) is 15.6. The van der Waals surface area contributed by atoms with Crippen molar-refractivity contribution in [2.75, 3.05) is 6.54 Å². The molecule has 1 unspecified atom stereocenters. The van der Waals surface area contributed by atoms with E-state index in [1.807, 2.05) is 24.3 Å². The number of amides is 1. The van der Waals surface area contributed by atoms with E-state index >= 15 is 0 Å². The van der Waals surface area contributed by atoms with E-state index in [4.69, 9.17) is 5.73 Å². The monoisotopic (exact) mass is 400 g/mol. The Morgan fingerprint density at radius 3 is 2.74 bits per heavy atom. The van der Waals surface area contributed by atoms with E-state index in [1.54, 1.807) is 16.9 Å². The lowest BCUT2D eigenvalue weighted by Crippen LogP contribution is -2.41. The Labute approximate surface area is 151 Å². The molecule has 0 spiro atoms. The standard InChI is InChI=1S/C16H21BrN4O.ClH/c1-11(2)8-13(10-18)19-16(22)15-6-7-21(20-15)14-5-3-4-12(17)9-14;/h3-7,9,11,13H,8,10,18H2,1-2H3,(H,19,22);1H. The summed E-state index contributed by atoms with van der Waals surface area (Å²) in [5.74, 6) is 0.290. The van der Waals surface area contributed by atoms with Crippen LogP contribution >= 0.6 is 28.3 Å². The first kappa shape index (κ1) is 19.7. The molecule has 0 radical (unpaired) electrons. The van der Waals surface area contributed by atoms with Crippen molar-refractivity contribution in [2.45, 2.75) is 26.3 Å². The van der Waals surface area contributed by atoms with Gasteiger partial charge >= 0.3 is 0 Å². The SMILES string of the molecule is CC(C)CC(CN)NC(=O)c1ccn(-c2cccc(Br)c2)n1.Cl. The molecule has 1 heterocycles. The normalized spacial score (nSPS) is 11.9. The smallest absolute Gasteiger partial charge is 0.272 e. The van der Waals surface area contributed by atoms with E-state index in [9.17, 15) is 4.79 Å². The predicted octanol–water partition coefficient (Wildman–Crippen LogP) is 3.16. The van der Waals surface area contributed by atoms with Gasteiger partial charge in [0.05, 0.1) is 5.69 Å². The summed E-state index contributed by atoms with van der Waals surface area (Å²) in [5, 5.41) is 7.27. The molecule has 1 aromatic carbocycles. The number of carbonyl (C=O) groups excluding carboxylic acids is 1. The number of benzene rings is 1. The van der Waals surface area contributed by atoms with Gasteiger partial charge in [0.1, 0.15) is 0 Å². The molecule has 2 rings (SSSR count). The summed E-state index contributed by atoms with van der Waals surface area (Å²) >= 11 is 3.43. The van der Waals surface area contributed by atoms with Crippen molar-refractivity contribution < 1.29 is 4.79 Å². The van der Waals surface area contributed by atoms with E-state index < -0.39 is 0 Å². The van der Waals surface area contributed by atoms with Crippen molar-refractivity contribution in [3.63, 3.8) is 0 Å².